The fourth-order valence-corrected chi connectivity index (χ4v) is 4.62. The normalized spacial score (nSPS) is 13.5. The number of phenols is 2. The monoisotopic (exact) mass is 538 g/mol. The first-order valence-electron chi connectivity index (χ1n) is 11.4. The number of fused-ring (bicyclic) bond motifs is 1. The summed E-state index contributed by atoms with van der Waals surface area (Å²) in [6.07, 6.45) is 4.46. The van der Waals surface area contributed by atoms with Gasteiger partial charge in [-0.25, -0.2) is 8.42 Å². The van der Waals surface area contributed by atoms with Gasteiger partial charge in [0.2, 0.25) is 0 Å². The van der Waals surface area contributed by atoms with Crippen LogP contribution in [-0.4, -0.2) is 31.2 Å². The molecule has 0 aliphatic carbocycles. The standard InChI is InChI=1S/C27H29F3O6S/c1-15(2)6-12-19-23(31)20(13-7-16(3)4)26-21(24(19)32)14-22(35-5)25(36-26)17-8-10-18(11-9-17)37(33,34)27(28,29)30/h6-11,31-32H,12-14H2,1-5H3. The minimum absolute atomic E-state index is 0.0829. The molecular formula is C27H29F3O6S. The van der Waals surface area contributed by atoms with Gasteiger partial charge in [0.1, 0.15) is 23.0 Å². The Balaban J connectivity index is 2.15. The van der Waals surface area contributed by atoms with Crippen molar-refractivity contribution in [3.05, 3.63) is 75.6 Å². The van der Waals surface area contributed by atoms with Crippen LogP contribution in [0.25, 0.3) is 5.76 Å². The van der Waals surface area contributed by atoms with Crippen LogP contribution in [0.2, 0.25) is 0 Å². The molecule has 0 amide bonds. The van der Waals surface area contributed by atoms with Gasteiger partial charge in [-0.05, 0) is 64.8 Å². The third-order valence-electron chi connectivity index (χ3n) is 5.89. The van der Waals surface area contributed by atoms with Gasteiger partial charge < -0.3 is 19.7 Å². The molecule has 10 heteroatoms. The Kier molecular flexibility index (Phi) is 8.02. The van der Waals surface area contributed by atoms with Crippen molar-refractivity contribution in [2.24, 2.45) is 0 Å². The Morgan fingerprint density at radius 3 is 2.00 bits per heavy atom. The quantitative estimate of drug-likeness (QED) is 0.399. The molecular weight excluding hydrogens is 509 g/mol. The van der Waals surface area contributed by atoms with Gasteiger partial charge in [-0.15, -0.1) is 0 Å². The maximum atomic E-state index is 12.9. The molecule has 1 aliphatic rings. The highest BCUT2D eigenvalue weighted by Crippen LogP contribution is 2.48. The first kappa shape index (κ1) is 28.2. The van der Waals surface area contributed by atoms with Gasteiger partial charge in [-0.1, -0.05) is 23.3 Å². The fourth-order valence-electron chi connectivity index (χ4n) is 3.86. The lowest BCUT2D eigenvalue weighted by Gasteiger charge is -2.27. The Morgan fingerprint density at radius 2 is 1.51 bits per heavy atom. The van der Waals surface area contributed by atoms with Crippen LogP contribution in [0.15, 0.2) is 58.2 Å². The number of methoxy groups -OCH3 is 1. The molecule has 0 spiro atoms. The fraction of sp³-hybridized carbons (Fsp3) is 0.333. The number of aromatic hydroxyl groups is 2. The van der Waals surface area contributed by atoms with Gasteiger partial charge in [0.25, 0.3) is 9.84 Å². The summed E-state index contributed by atoms with van der Waals surface area (Å²) >= 11 is 0. The Labute approximate surface area is 214 Å². The van der Waals surface area contributed by atoms with Gasteiger partial charge in [0.05, 0.1) is 12.0 Å². The summed E-state index contributed by atoms with van der Waals surface area (Å²) in [5.41, 5.74) is -1.96. The average Bonchev–Trinajstić information content (AvgIpc) is 2.82. The predicted molar refractivity (Wildman–Crippen MR) is 134 cm³/mol. The van der Waals surface area contributed by atoms with E-state index in [-0.39, 0.29) is 40.8 Å². The molecule has 0 fully saturated rings. The van der Waals surface area contributed by atoms with E-state index < -0.39 is 20.2 Å². The van der Waals surface area contributed by atoms with Crippen LogP contribution in [0.1, 0.15) is 49.9 Å². The van der Waals surface area contributed by atoms with Gasteiger partial charge >= 0.3 is 5.51 Å². The van der Waals surface area contributed by atoms with Crippen LogP contribution in [0.3, 0.4) is 0 Å². The van der Waals surface area contributed by atoms with Crippen molar-refractivity contribution in [2.75, 3.05) is 7.11 Å². The zero-order chi connectivity index (χ0) is 27.7. The number of phenolic OH excluding ortho intramolecular Hbond substituents is 2. The summed E-state index contributed by atoms with van der Waals surface area (Å²) < 4.78 is 73.9. The first-order valence-corrected chi connectivity index (χ1v) is 12.9. The highest BCUT2D eigenvalue weighted by atomic mass is 32.2. The van der Waals surface area contributed by atoms with Crippen molar-refractivity contribution in [3.8, 4) is 17.2 Å². The van der Waals surface area contributed by atoms with E-state index in [0.29, 0.717) is 29.5 Å². The first-order chi connectivity index (χ1) is 17.2. The van der Waals surface area contributed by atoms with E-state index >= 15 is 0 Å². The highest BCUT2D eigenvalue weighted by Gasteiger charge is 2.46. The summed E-state index contributed by atoms with van der Waals surface area (Å²) in [6.45, 7) is 7.62. The Morgan fingerprint density at radius 1 is 0.973 bits per heavy atom. The smallest absolute Gasteiger partial charge is 0.501 e. The average molecular weight is 539 g/mol. The zero-order valence-corrected chi connectivity index (χ0v) is 22.0. The van der Waals surface area contributed by atoms with E-state index in [2.05, 4.69) is 0 Å². The third kappa shape index (κ3) is 5.64. The van der Waals surface area contributed by atoms with Crippen LogP contribution in [-0.2, 0) is 33.8 Å². The number of rotatable bonds is 7. The molecule has 1 aliphatic heterocycles. The van der Waals surface area contributed by atoms with E-state index in [0.717, 1.165) is 23.3 Å². The van der Waals surface area contributed by atoms with Gasteiger partial charge in [0, 0.05) is 28.7 Å². The maximum Gasteiger partial charge on any atom is 0.501 e. The maximum absolute atomic E-state index is 12.9. The minimum atomic E-state index is -5.51. The number of alkyl halides is 3. The molecule has 0 bridgehead atoms. The second-order valence-corrected chi connectivity index (χ2v) is 11.1. The molecule has 0 saturated carbocycles. The topological polar surface area (TPSA) is 93.1 Å². The number of ether oxygens (including phenoxy) is 2. The molecule has 2 aromatic rings. The van der Waals surface area contributed by atoms with Crippen LogP contribution in [0, 0.1) is 0 Å². The minimum Gasteiger partial charge on any atom is -0.507 e. The lowest BCUT2D eigenvalue weighted by atomic mass is 9.92. The van der Waals surface area contributed by atoms with E-state index in [9.17, 15) is 31.8 Å². The molecule has 2 N–H and O–H groups in total. The molecule has 1 heterocycles. The van der Waals surface area contributed by atoms with Gasteiger partial charge in [-0.2, -0.15) is 13.2 Å². The van der Waals surface area contributed by atoms with E-state index in [1.807, 2.05) is 39.8 Å². The molecule has 0 atom stereocenters. The largest absolute Gasteiger partial charge is 0.507 e. The summed E-state index contributed by atoms with van der Waals surface area (Å²) in [5, 5.41) is 22.2. The van der Waals surface area contributed by atoms with Crippen molar-refractivity contribution in [1.29, 1.82) is 0 Å². The van der Waals surface area contributed by atoms with Crippen LogP contribution in [0.5, 0.6) is 17.2 Å². The predicted octanol–water partition coefficient (Wildman–Crippen LogP) is 6.36. The number of hydrogen-bond acceptors (Lipinski definition) is 6. The molecule has 0 aromatic heterocycles. The van der Waals surface area contributed by atoms with Gasteiger partial charge in [0.15, 0.2) is 5.76 Å². The molecule has 0 unspecified atom stereocenters. The summed E-state index contributed by atoms with van der Waals surface area (Å²) in [5.74, 6) is 0.391. The molecule has 3 rings (SSSR count). The van der Waals surface area contributed by atoms with Crippen LogP contribution >= 0.6 is 0 Å². The molecule has 200 valence electrons. The molecule has 2 aromatic carbocycles. The van der Waals surface area contributed by atoms with Crippen molar-refractivity contribution in [1.82, 2.24) is 0 Å². The highest BCUT2D eigenvalue weighted by molar-refractivity contribution is 7.92. The molecule has 0 saturated heterocycles. The number of allylic oxidation sites excluding steroid dienone is 5. The van der Waals surface area contributed by atoms with Crippen molar-refractivity contribution in [3.63, 3.8) is 0 Å². The molecule has 37 heavy (non-hydrogen) atoms. The van der Waals surface area contributed by atoms with E-state index in [4.69, 9.17) is 9.47 Å². The van der Waals surface area contributed by atoms with Crippen molar-refractivity contribution >= 4 is 15.6 Å². The summed E-state index contributed by atoms with van der Waals surface area (Å²) in [6, 6.07) is 4.07. The third-order valence-corrected chi connectivity index (χ3v) is 7.40. The molecule has 0 radical (unpaired) electrons. The van der Waals surface area contributed by atoms with Crippen molar-refractivity contribution in [2.45, 2.75) is 57.4 Å². The Hall–Kier alpha value is -3.40. The van der Waals surface area contributed by atoms with Crippen molar-refractivity contribution < 1.29 is 41.3 Å². The summed E-state index contributed by atoms with van der Waals surface area (Å²) in [4.78, 5) is -0.900. The second kappa shape index (κ2) is 10.5. The lowest BCUT2D eigenvalue weighted by Crippen LogP contribution is -2.23. The Bertz CT molecular complexity index is 1390. The van der Waals surface area contributed by atoms with E-state index in [1.54, 1.807) is 0 Å². The summed E-state index contributed by atoms with van der Waals surface area (Å²) in [7, 11) is -4.12. The number of halogens is 3. The van der Waals surface area contributed by atoms with Gasteiger partial charge in [-0.3, -0.25) is 0 Å². The number of hydrogen-bond donors (Lipinski definition) is 2. The SMILES string of the molecule is COC1=C(c2ccc(S(=O)(=O)C(F)(F)F)cc2)Oc2c(CC=C(C)C)c(O)c(CC=C(C)C)c(O)c2C1. The lowest BCUT2D eigenvalue weighted by molar-refractivity contribution is -0.0436. The molecule has 6 nitrogen and oxygen atoms in total. The number of sulfone groups is 1. The van der Waals surface area contributed by atoms with Crippen LogP contribution < -0.4 is 4.74 Å². The zero-order valence-electron chi connectivity index (χ0n) is 21.2. The van der Waals surface area contributed by atoms with E-state index in [1.165, 1.54) is 19.2 Å². The second-order valence-electron chi connectivity index (χ2n) is 9.14. The van der Waals surface area contributed by atoms with Crippen LogP contribution in [0.4, 0.5) is 13.2 Å². The number of benzene rings is 2.